The first-order valence-electron chi connectivity index (χ1n) is 9.69. The molecule has 3 heterocycles. The Labute approximate surface area is 160 Å². The van der Waals surface area contributed by atoms with Crippen LogP contribution >= 0.6 is 0 Å². The average molecular weight is 391 g/mol. The topological polar surface area (TPSA) is 99.9 Å². The van der Waals surface area contributed by atoms with Crippen molar-refractivity contribution in [1.82, 2.24) is 0 Å². The first-order valence-corrected chi connectivity index (χ1v) is 9.69. The summed E-state index contributed by atoms with van der Waals surface area (Å²) >= 11 is 0. The number of hydrogen-bond acceptors (Lipinski definition) is 9. The van der Waals surface area contributed by atoms with E-state index in [0.717, 1.165) is 0 Å². The van der Waals surface area contributed by atoms with Crippen LogP contribution in [0.5, 0.6) is 0 Å². The summed E-state index contributed by atoms with van der Waals surface area (Å²) in [5.74, 6) is -0.695. The summed E-state index contributed by atoms with van der Waals surface area (Å²) in [5, 5.41) is 0. The van der Waals surface area contributed by atoms with Gasteiger partial charge in [-0.1, -0.05) is 0 Å². The van der Waals surface area contributed by atoms with E-state index < -0.39 is 17.7 Å². The predicted molar refractivity (Wildman–Crippen MR) is 94.3 cm³/mol. The minimum Gasteiger partial charge on any atom is -0.379 e. The van der Waals surface area contributed by atoms with E-state index in [9.17, 15) is 0 Å². The molecule has 2 bridgehead atoms. The molecule has 9 nitrogen and oxygen atoms in total. The largest absolute Gasteiger partial charge is 0.379 e. The van der Waals surface area contributed by atoms with Crippen LogP contribution in [0.2, 0.25) is 0 Å². The lowest BCUT2D eigenvalue weighted by atomic mass is 9.89. The van der Waals surface area contributed by atoms with Gasteiger partial charge in [0.15, 0.2) is 12.1 Å². The van der Waals surface area contributed by atoms with Crippen molar-refractivity contribution in [3.8, 4) is 0 Å². The highest BCUT2D eigenvalue weighted by Crippen LogP contribution is 2.45. The van der Waals surface area contributed by atoms with Gasteiger partial charge in [0.2, 0.25) is 0 Å². The van der Waals surface area contributed by atoms with Crippen LogP contribution in [0.3, 0.4) is 0 Å². The standard InChI is InChI=1S/C18H33NO8/c1-4-20-5-6-21-7-8-22-9-10-23-11-18-12-24-16(27-18)13(19)14-15(18)26-17(2,3)25-14/h13-16H,4-12,19H2,1-3H3/t13-,14-,15-,16+,18+/m1/s1. The molecule has 0 spiro atoms. The highest BCUT2D eigenvalue weighted by Gasteiger charge is 2.65. The molecule has 2 N–H and O–H groups in total. The predicted octanol–water partition coefficient (Wildman–Crippen LogP) is 0.0454. The molecule has 0 aromatic heterocycles. The Morgan fingerprint density at radius 1 is 0.889 bits per heavy atom. The fourth-order valence-electron chi connectivity index (χ4n) is 3.60. The van der Waals surface area contributed by atoms with Crippen LogP contribution in [0.4, 0.5) is 0 Å². The Kier molecular flexibility index (Phi) is 7.45. The van der Waals surface area contributed by atoms with Crippen LogP contribution in [0, 0.1) is 0 Å². The first kappa shape index (κ1) is 21.4. The molecule has 3 fully saturated rings. The van der Waals surface area contributed by atoms with E-state index in [0.29, 0.717) is 59.5 Å². The van der Waals surface area contributed by atoms with Crippen molar-refractivity contribution in [2.45, 2.75) is 56.7 Å². The molecule has 9 heteroatoms. The van der Waals surface area contributed by atoms with Gasteiger partial charge < -0.3 is 43.6 Å². The summed E-state index contributed by atoms with van der Waals surface area (Å²) in [6.07, 6.45) is -1.08. The van der Waals surface area contributed by atoms with Crippen LogP contribution in [0.25, 0.3) is 0 Å². The molecule has 0 amide bonds. The highest BCUT2D eigenvalue weighted by molar-refractivity contribution is 5.09. The summed E-state index contributed by atoms with van der Waals surface area (Å²) in [5.41, 5.74) is 5.51. The first-order chi connectivity index (χ1) is 13.0. The zero-order chi connectivity index (χ0) is 19.3. The summed E-state index contributed by atoms with van der Waals surface area (Å²) < 4.78 is 45.7. The highest BCUT2D eigenvalue weighted by atomic mass is 16.8. The Morgan fingerprint density at radius 2 is 1.52 bits per heavy atom. The lowest BCUT2D eigenvalue weighted by Crippen LogP contribution is -2.63. The van der Waals surface area contributed by atoms with E-state index in [2.05, 4.69) is 0 Å². The van der Waals surface area contributed by atoms with E-state index in [4.69, 9.17) is 43.6 Å². The van der Waals surface area contributed by atoms with Gasteiger partial charge in [0, 0.05) is 6.61 Å². The summed E-state index contributed by atoms with van der Waals surface area (Å²) in [4.78, 5) is 0. The van der Waals surface area contributed by atoms with E-state index in [1.165, 1.54) is 0 Å². The fourth-order valence-corrected chi connectivity index (χ4v) is 3.60. The lowest BCUT2D eigenvalue weighted by Gasteiger charge is -2.40. The fraction of sp³-hybridized carbons (Fsp3) is 1.00. The van der Waals surface area contributed by atoms with E-state index in [1.807, 2.05) is 20.8 Å². The van der Waals surface area contributed by atoms with Crippen molar-refractivity contribution >= 4 is 0 Å². The Balaban J connectivity index is 1.33. The third-order valence-electron chi connectivity index (χ3n) is 4.85. The second-order valence-corrected chi connectivity index (χ2v) is 7.43. The molecule has 3 saturated heterocycles. The van der Waals surface area contributed by atoms with Gasteiger partial charge in [0.1, 0.15) is 17.8 Å². The number of fused-ring (bicyclic) bond motifs is 4. The van der Waals surface area contributed by atoms with Gasteiger partial charge in [-0.15, -0.1) is 0 Å². The van der Waals surface area contributed by atoms with E-state index in [-0.39, 0.29) is 18.2 Å². The zero-order valence-electron chi connectivity index (χ0n) is 16.5. The molecule has 3 rings (SSSR count). The minimum atomic E-state index is -0.695. The second kappa shape index (κ2) is 9.43. The number of ether oxygens (including phenoxy) is 8. The smallest absolute Gasteiger partial charge is 0.176 e. The number of hydrogen-bond donors (Lipinski definition) is 1. The summed E-state index contributed by atoms with van der Waals surface area (Å²) in [7, 11) is 0. The lowest BCUT2D eigenvalue weighted by molar-refractivity contribution is -0.210. The maximum Gasteiger partial charge on any atom is 0.176 e. The second-order valence-electron chi connectivity index (χ2n) is 7.43. The monoisotopic (exact) mass is 391 g/mol. The van der Waals surface area contributed by atoms with E-state index in [1.54, 1.807) is 0 Å². The molecule has 0 aromatic rings. The van der Waals surface area contributed by atoms with Gasteiger partial charge in [-0.05, 0) is 20.8 Å². The third-order valence-corrected chi connectivity index (χ3v) is 4.85. The van der Waals surface area contributed by atoms with Gasteiger partial charge in [-0.25, -0.2) is 0 Å². The quantitative estimate of drug-likeness (QED) is 0.462. The van der Waals surface area contributed by atoms with Crippen LogP contribution in [-0.4, -0.2) is 95.4 Å². The zero-order valence-corrected chi connectivity index (χ0v) is 16.5. The van der Waals surface area contributed by atoms with Crippen molar-refractivity contribution in [2.24, 2.45) is 5.73 Å². The molecular weight excluding hydrogens is 358 g/mol. The number of rotatable bonds is 12. The van der Waals surface area contributed by atoms with Gasteiger partial charge in [0.05, 0.1) is 58.9 Å². The van der Waals surface area contributed by atoms with E-state index >= 15 is 0 Å². The van der Waals surface area contributed by atoms with Crippen LogP contribution in [-0.2, 0) is 37.9 Å². The van der Waals surface area contributed by atoms with Crippen molar-refractivity contribution < 1.29 is 37.9 Å². The Bertz CT molecular complexity index is 465. The van der Waals surface area contributed by atoms with Gasteiger partial charge in [0.25, 0.3) is 0 Å². The van der Waals surface area contributed by atoms with Crippen LogP contribution in [0.1, 0.15) is 20.8 Å². The maximum atomic E-state index is 6.21. The van der Waals surface area contributed by atoms with Gasteiger partial charge in [-0.3, -0.25) is 0 Å². The molecule has 0 radical (unpaired) electrons. The molecule has 0 unspecified atom stereocenters. The molecule has 0 aliphatic carbocycles. The van der Waals surface area contributed by atoms with Crippen molar-refractivity contribution in [1.29, 1.82) is 0 Å². The Hall–Kier alpha value is -0.360. The van der Waals surface area contributed by atoms with Gasteiger partial charge in [-0.2, -0.15) is 0 Å². The third kappa shape index (κ3) is 5.17. The molecule has 3 aliphatic rings. The summed E-state index contributed by atoms with van der Waals surface area (Å²) in [6.45, 7) is 10.3. The molecule has 0 aromatic carbocycles. The minimum absolute atomic E-state index is 0.269. The SMILES string of the molecule is CCOCCOCCOCCOC[C@@]12CO[C@@H](O1)[C@H](N)[C@H]1OC(C)(C)O[C@H]12. The molecular formula is C18H33NO8. The maximum absolute atomic E-state index is 6.21. The van der Waals surface area contributed by atoms with Crippen LogP contribution in [0.15, 0.2) is 0 Å². The molecule has 27 heavy (non-hydrogen) atoms. The van der Waals surface area contributed by atoms with Crippen molar-refractivity contribution in [3.05, 3.63) is 0 Å². The van der Waals surface area contributed by atoms with Crippen LogP contribution < -0.4 is 5.73 Å². The average Bonchev–Trinajstić information content (AvgIpc) is 3.18. The molecule has 3 aliphatic heterocycles. The number of nitrogens with two attached hydrogens (primary N) is 1. The van der Waals surface area contributed by atoms with Gasteiger partial charge >= 0.3 is 0 Å². The van der Waals surface area contributed by atoms with Crippen molar-refractivity contribution in [2.75, 3.05) is 59.5 Å². The molecule has 5 atom stereocenters. The molecule has 0 saturated carbocycles. The molecule has 158 valence electrons. The summed E-state index contributed by atoms with van der Waals surface area (Å²) in [6, 6.07) is -0.376. The Morgan fingerprint density at radius 3 is 2.19 bits per heavy atom. The normalized spacial score (nSPS) is 36.9. The van der Waals surface area contributed by atoms with Crippen molar-refractivity contribution in [3.63, 3.8) is 0 Å².